The summed E-state index contributed by atoms with van der Waals surface area (Å²) in [5.74, 6) is -2.46. The van der Waals surface area contributed by atoms with Crippen LogP contribution in [0.15, 0.2) is 30.3 Å². The van der Waals surface area contributed by atoms with Gasteiger partial charge in [-0.1, -0.05) is 18.2 Å². The number of nitrogens with one attached hydrogen (secondary N) is 1. The highest BCUT2D eigenvalue weighted by Gasteiger charge is 2.32. The Morgan fingerprint density at radius 1 is 1.11 bits per heavy atom. The minimum Gasteiger partial charge on any atom is -0.354 e. The van der Waals surface area contributed by atoms with Crippen molar-refractivity contribution in [2.45, 2.75) is 12.8 Å². The summed E-state index contributed by atoms with van der Waals surface area (Å²) in [6.07, 6.45) is 0.0613. The summed E-state index contributed by atoms with van der Waals surface area (Å²) in [5, 5.41) is 3.13. The summed E-state index contributed by atoms with van der Waals surface area (Å²) in [7, 11) is 1.65. The number of hydrogen-bond acceptors (Lipinski definition) is 7. The summed E-state index contributed by atoms with van der Waals surface area (Å²) in [6, 6.07) is 8.82. The van der Waals surface area contributed by atoms with Crippen molar-refractivity contribution in [1.29, 1.82) is 0 Å². The second kappa shape index (κ2) is 10.5. The summed E-state index contributed by atoms with van der Waals surface area (Å²) < 4.78 is 0. The van der Waals surface area contributed by atoms with Crippen LogP contribution < -0.4 is 5.32 Å². The Kier molecular flexibility index (Phi) is 8.00. The average molecular weight is 407 g/mol. The zero-order chi connectivity index (χ0) is 20.5. The number of carbonyl (C=O) groups excluding carboxylic acids is 5. The first kappa shape index (κ1) is 21.4. The molecule has 150 valence electrons. The van der Waals surface area contributed by atoms with Crippen LogP contribution in [0.2, 0.25) is 0 Å². The van der Waals surface area contributed by atoms with Crippen molar-refractivity contribution in [3.05, 3.63) is 35.9 Å². The van der Waals surface area contributed by atoms with Crippen LogP contribution >= 0.6 is 11.8 Å². The van der Waals surface area contributed by atoms with Gasteiger partial charge in [-0.15, -0.1) is 16.8 Å². The van der Waals surface area contributed by atoms with Crippen molar-refractivity contribution < 1.29 is 28.8 Å². The van der Waals surface area contributed by atoms with E-state index in [-0.39, 0.29) is 42.7 Å². The molecule has 1 aromatic carbocycles. The maximum absolute atomic E-state index is 12.2. The largest absolute Gasteiger partial charge is 0.354 e. The molecule has 0 bridgehead atoms. The Bertz CT molecular complexity index is 739. The first-order chi connectivity index (χ1) is 13.4. The van der Waals surface area contributed by atoms with Crippen LogP contribution in [0.5, 0.6) is 0 Å². The van der Waals surface area contributed by atoms with Gasteiger partial charge in [0.1, 0.15) is 0 Å². The average Bonchev–Trinajstić information content (AvgIpc) is 3.00. The fourth-order valence-corrected chi connectivity index (χ4v) is 2.94. The Morgan fingerprint density at radius 2 is 1.75 bits per heavy atom. The second-order valence-electron chi connectivity index (χ2n) is 5.98. The predicted octanol–water partition coefficient (Wildman–Crippen LogP) is 0.215. The number of imide groups is 1. The van der Waals surface area contributed by atoms with Gasteiger partial charge in [0.25, 0.3) is 17.7 Å². The third-order valence-corrected chi connectivity index (χ3v) is 4.69. The number of amides is 4. The molecule has 0 radical (unpaired) electrons. The van der Waals surface area contributed by atoms with Gasteiger partial charge in [0.15, 0.2) is 0 Å². The number of carbonyl (C=O) groups is 5. The van der Waals surface area contributed by atoms with E-state index in [1.165, 1.54) is 4.90 Å². The molecule has 0 unspecified atom stereocenters. The zero-order valence-corrected chi connectivity index (χ0v) is 16.2. The van der Waals surface area contributed by atoms with Crippen molar-refractivity contribution in [2.75, 3.05) is 31.6 Å². The highest BCUT2D eigenvalue weighted by atomic mass is 32.2. The molecular weight excluding hydrogens is 386 g/mol. The van der Waals surface area contributed by atoms with Gasteiger partial charge in [-0.25, -0.2) is 4.79 Å². The molecule has 9 nitrogen and oxygen atoms in total. The lowest BCUT2D eigenvalue weighted by atomic mass is 10.2. The number of benzene rings is 1. The van der Waals surface area contributed by atoms with Crippen molar-refractivity contribution in [3.63, 3.8) is 0 Å². The normalized spacial score (nSPS) is 13.4. The van der Waals surface area contributed by atoms with Crippen LogP contribution in [-0.2, 0) is 24.0 Å². The molecular formula is C18H21N3O6S. The maximum Gasteiger partial charge on any atom is 0.343 e. The quantitative estimate of drug-likeness (QED) is 0.583. The maximum atomic E-state index is 12.2. The number of rotatable bonds is 9. The zero-order valence-electron chi connectivity index (χ0n) is 15.4. The molecule has 1 aromatic rings. The first-order valence-corrected chi connectivity index (χ1v) is 9.75. The van der Waals surface area contributed by atoms with Gasteiger partial charge in [0.05, 0.1) is 11.5 Å². The highest BCUT2D eigenvalue weighted by Crippen LogP contribution is 2.13. The Balaban J connectivity index is 1.60. The highest BCUT2D eigenvalue weighted by molar-refractivity contribution is 8.00. The van der Waals surface area contributed by atoms with Gasteiger partial charge in [-0.2, -0.15) is 0 Å². The molecule has 2 rings (SSSR count). The third-order valence-electron chi connectivity index (χ3n) is 3.79. The lowest BCUT2D eigenvalue weighted by molar-refractivity contribution is -0.195. The lowest BCUT2D eigenvalue weighted by Gasteiger charge is -2.17. The van der Waals surface area contributed by atoms with Crippen LogP contribution in [0.4, 0.5) is 0 Å². The number of nitrogens with zero attached hydrogens (tertiary/aromatic N) is 2. The van der Waals surface area contributed by atoms with E-state index in [4.69, 9.17) is 4.84 Å². The molecule has 0 saturated carbocycles. The topological polar surface area (TPSA) is 113 Å². The van der Waals surface area contributed by atoms with E-state index < -0.39 is 17.8 Å². The molecule has 0 aliphatic carbocycles. The number of hydrogen-bond donors (Lipinski definition) is 1. The van der Waals surface area contributed by atoms with Crippen LogP contribution in [0.3, 0.4) is 0 Å². The van der Waals surface area contributed by atoms with Gasteiger partial charge in [-0.05, 0) is 12.1 Å². The first-order valence-electron chi connectivity index (χ1n) is 8.60. The molecule has 1 heterocycles. The van der Waals surface area contributed by atoms with Gasteiger partial charge in [0, 0.05) is 38.5 Å². The van der Waals surface area contributed by atoms with Gasteiger partial charge in [0.2, 0.25) is 5.91 Å². The summed E-state index contributed by atoms with van der Waals surface area (Å²) in [4.78, 5) is 64.5. The Morgan fingerprint density at radius 3 is 2.39 bits per heavy atom. The monoisotopic (exact) mass is 407 g/mol. The van der Waals surface area contributed by atoms with E-state index in [1.807, 2.05) is 6.07 Å². The standard InChI is InChI=1S/C18H21N3O6S/c1-20(18(26)13-5-3-2-4-6-13)10-9-19-14(22)11-28-12-17(25)27-21-15(23)7-8-16(21)24/h2-6H,7-12H2,1H3,(H,19,22). The van der Waals surface area contributed by atoms with Gasteiger partial charge in [-0.3, -0.25) is 19.2 Å². The smallest absolute Gasteiger partial charge is 0.343 e. The summed E-state index contributed by atoms with van der Waals surface area (Å²) >= 11 is 1.00. The van der Waals surface area contributed by atoms with Crippen LogP contribution in [0, 0.1) is 0 Å². The molecule has 0 spiro atoms. The molecule has 0 aromatic heterocycles. The van der Waals surface area contributed by atoms with Crippen LogP contribution in [-0.4, -0.2) is 71.2 Å². The van der Waals surface area contributed by atoms with Crippen molar-refractivity contribution >= 4 is 41.4 Å². The number of hydroxylamine groups is 2. The lowest BCUT2D eigenvalue weighted by Crippen LogP contribution is -2.37. The van der Waals surface area contributed by atoms with Crippen molar-refractivity contribution in [3.8, 4) is 0 Å². The van der Waals surface area contributed by atoms with Gasteiger partial charge < -0.3 is 15.1 Å². The van der Waals surface area contributed by atoms with E-state index in [9.17, 15) is 24.0 Å². The Hall–Kier alpha value is -2.88. The SMILES string of the molecule is CN(CCNC(=O)CSCC(=O)ON1C(=O)CCC1=O)C(=O)c1ccccc1. The van der Waals surface area contributed by atoms with Gasteiger partial charge >= 0.3 is 5.97 Å². The van der Waals surface area contributed by atoms with E-state index >= 15 is 0 Å². The molecule has 0 atom stereocenters. The molecule has 4 amide bonds. The van der Waals surface area contributed by atoms with Crippen LogP contribution in [0.25, 0.3) is 0 Å². The van der Waals surface area contributed by atoms with E-state index in [1.54, 1.807) is 31.3 Å². The third kappa shape index (κ3) is 6.38. The fraction of sp³-hybridized carbons (Fsp3) is 0.389. The summed E-state index contributed by atoms with van der Waals surface area (Å²) in [5.41, 5.74) is 0.570. The van der Waals surface area contributed by atoms with Crippen molar-refractivity contribution in [1.82, 2.24) is 15.3 Å². The number of thioether (sulfide) groups is 1. The van der Waals surface area contributed by atoms with E-state index in [0.717, 1.165) is 11.8 Å². The molecule has 1 saturated heterocycles. The molecule has 1 aliphatic rings. The van der Waals surface area contributed by atoms with E-state index in [2.05, 4.69) is 5.32 Å². The molecule has 1 aliphatic heterocycles. The van der Waals surface area contributed by atoms with Crippen molar-refractivity contribution in [2.24, 2.45) is 0 Å². The van der Waals surface area contributed by atoms with E-state index in [0.29, 0.717) is 17.2 Å². The molecule has 1 fully saturated rings. The molecule has 1 N–H and O–H groups in total. The molecule has 28 heavy (non-hydrogen) atoms. The minimum absolute atomic E-state index is 0.00728. The predicted molar refractivity (Wildman–Crippen MR) is 101 cm³/mol. The number of likely N-dealkylation sites (N-methyl/N-ethyl adjacent to an activating group) is 1. The van der Waals surface area contributed by atoms with Crippen LogP contribution in [0.1, 0.15) is 23.2 Å². The Labute approximate surface area is 166 Å². The molecule has 10 heteroatoms. The minimum atomic E-state index is -0.769. The fourth-order valence-electron chi connectivity index (χ4n) is 2.33. The second-order valence-corrected chi connectivity index (χ2v) is 6.97. The summed E-state index contributed by atoms with van der Waals surface area (Å²) in [6.45, 7) is 0.612.